The second kappa shape index (κ2) is 5.72. The minimum absolute atomic E-state index is 0.619. The maximum Gasteiger partial charge on any atom is 0.131 e. The van der Waals surface area contributed by atoms with Crippen LogP contribution < -0.4 is 0 Å². The number of nitrogens with zero attached hydrogens (tertiary/aromatic N) is 4. The molecule has 0 aliphatic heterocycles. The van der Waals surface area contributed by atoms with Gasteiger partial charge in [0.25, 0.3) is 0 Å². The van der Waals surface area contributed by atoms with E-state index < -0.39 is 0 Å². The number of hydrogen-bond acceptors (Lipinski definition) is 3. The summed E-state index contributed by atoms with van der Waals surface area (Å²) in [6, 6.07) is 11.2. The van der Waals surface area contributed by atoms with Crippen LogP contribution >= 0.6 is 11.6 Å². The lowest BCUT2D eigenvalue weighted by Gasteiger charge is -1.92. The highest BCUT2D eigenvalue weighted by molar-refractivity contribution is 6.34. The van der Waals surface area contributed by atoms with Crippen LogP contribution in [0.3, 0.4) is 0 Å². The van der Waals surface area contributed by atoms with E-state index in [0.29, 0.717) is 18.0 Å². The smallest absolute Gasteiger partial charge is 0.131 e. The first-order valence-electron chi connectivity index (χ1n) is 6.22. The third kappa shape index (κ3) is 2.79. The lowest BCUT2D eigenvalue weighted by molar-refractivity contribution is 0.555. The predicted octanol–water partition coefficient (Wildman–Crippen LogP) is 2.92. The highest BCUT2D eigenvalue weighted by atomic mass is 35.5. The first-order chi connectivity index (χ1) is 9.83. The Morgan fingerprint density at radius 2 is 2.05 bits per heavy atom. The molecule has 5 heteroatoms. The van der Waals surface area contributed by atoms with E-state index in [1.54, 1.807) is 11.0 Å². The number of fused-ring (bicyclic) bond motifs is 1. The van der Waals surface area contributed by atoms with Gasteiger partial charge < -0.3 is 0 Å². The maximum atomic E-state index is 6.06. The Kier molecular flexibility index (Phi) is 3.62. The van der Waals surface area contributed by atoms with Crippen molar-refractivity contribution in [1.29, 1.82) is 0 Å². The molecule has 0 bridgehead atoms. The van der Waals surface area contributed by atoms with Crippen molar-refractivity contribution in [2.45, 2.75) is 13.0 Å². The zero-order valence-corrected chi connectivity index (χ0v) is 11.4. The molecular weight excluding hydrogens is 272 g/mol. The highest BCUT2D eigenvalue weighted by Crippen LogP contribution is 2.19. The van der Waals surface area contributed by atoms with Gasteiger partial charge in [0.15, 0.2) is 0 Å². The van der Waals surface area contributed by atoms with Crippen molar-refractivity contribution in [3.63, 3.8) is 0 Å². The number of rotatable bonds is 2. The zero-order chi connectivity index (χ0) is 13.8. The van der Waals surface area contributed by atoms with Gasteiger partial charge in [-0.25, -0.2) is 4.98 Å². The van der Waals surface area contributed by atoms with Crippen LogP contribution in [0, 0.1) is 11.8 Å². The van der Waals surface area contributed by atoms with Crippen LogP contribution in [0.15, 0.2) is 42.6 Å². The number of pyridine rings is 1. The van der Waals surface area contributed by atoms with Crippen molar-refractivity contribution in [3.8, 4) is 11.8 Å². The van der Waals surface area contributed by atoms with E-state index in [4.69, 9.17) is 11.6 Å². The Morgan fingerprint density at radius 3 is 2.85 bits per heavy atom. The second-order valence-electron chi connectivity index (χ2n) is 4.17. The normalized spacial score (nSPS) is 10.2. The molecule has 4 nitrogen and oxygen atoms in total. The van der Waals surface area contributed by atoms with Gasteiger partial charge in [-0.2, -0.15) is 15.0 Å². The number of benzene rings is 1. The van der Waals surface area contributed by atoms with E-state index in [-0.39, 0.29) is 0 Å². The molecule has 20 heavy (non-hydrogen) atoms. The molecule has 0 aliphatic carbocycles. The quantitative estimate of drug-likeness (QED) is 0.679. The van der Waals surface area contributed by atoms with Gasteiger partial charge in [-0.05, 0) is 30.2 Å². The van der Waals surface area contributed by atoms with Gasteiger partial charge >= 0.3 is 0 Å². The van der Waals surface area contributed by atoms with E-state index in [9.17, 15) is 0 Å². The molecule has 0 saturated heterocycles. The molecule has 0 aliphatic rings. The van der Waals surface area contributed by atoms with Crippen LogP contribution in [-0.2, 0) is 6.54 Å². The average molecular weight is 283 g/mol. The summed E-state index contributed by atoms with van der Waals surface area (Å²) >= 11 is 6.06. The largest absolute Gasteiger partial charge is 0.248 e. The van der Waals surface area contributed by atoms with Crippen molar-refractivity contribution in [1.82, 2.24) is 20.0 Å². The van der Waals surface area contributed by atoms with Crippen LogP contribution in [-0.4, -0.2) is 20.0 Å². The number of aromatic nitrogens is 4. The predicted molar refractivity (Wildman–Crippen MR) is 78.3 cm³/mol. The summed E-state index contributed by atoms with van der Waals surface area (Å²) in [5.74, 6) is 6.07. The minimum atomic E-state index is 0.619. The molecule has 0 fully saturated rings. The molecular formula is C15H11ClN4. The molecule has 0 atom stereocenters. The van der Waals surface area contributed by atoms with Gasteiger partial charge in [0.1, 0.15) is 16.7 Å². The van der Waals surface area contributed by atoms with Crippen molar-refractivity contribution < 1.29 is 0 Å². The molecule has 0 amide bonds. The fourth-order valence-electron chi connectivity index (χ4n) is 1.79. The molecule has 3 aromatic rings. The van der Waals surface area contributed by atoms with Crippen molar-refractivity contribution in [2.24, 2.45) is 0 Å². The maximum absolute atomic E-state index is 6.06. The van der Waals surface area contributed by atoms with E-state index in [0.717, 1.165) is 16.7 Å². The standard InChI is InChI=1S/C15H11ClN4/c16-13-8-5-9-14-15(13)19-20(18-14)11-4-2-7-12-6-1-3-10-17-12/h1,3,5-6,8-10H,4,11H2. The monoisotopic (exact) mass is 282 g/mol. The summed E-state index contributed by atoms with van der Waals surface area (Å²) in [7, 11) is 0. The van der Waals surface area contributed by atoms with Crippen LogP contribution in [0.25, 0.3) is 11.0 Å². The highest BCUT2D eigenvalue weighted by Gasteiger charge is 2.04. The summed E-state index contributed by atoms with van der Waals surface area (Å²) < 4.78 is 0. The number of hydrogen-bond donors (Lipinski definition) is 0. The Hall–Kier alpha value is -2.38. The zero-order valence-electron chi connectivity index (χ0n) is 10.6. The van der Waals surface area contributed by atoms with Crippen LogP contribution in [0.5, 0.6) is 0 Å². The van der Waals surface area contributed by atoms with Crippen LogP contribution in [0.1, 0.15) is 12.1 Å². The lowest BCUT2D eigenvalue weighted by atomic mass is 10.3. The van der Waals surface area contributed by atoms with E-state index in [2.05, 4.69) is 27.0 Å². The molecule has 0 radical (unpaired) electrons. The molecule has 0 saturated carbocycles. The first-order valence-corrected chi connectivity index (χ1v) is 6.60. The summed E-state index contributed by atoms with van der Waals surface area (Å²) in [5.41, 5.74) is 2.30. The van der Waals surface area contributed by atoms with Gasteiger partial charge in [0.05, 0.1) is 11.6 Å². The van der Waals surface area contributed by atoms with Crippen molar-refractivity contribution in [2.75, 3.05) is 0 Å². The van der Waals surface area contributed by atoms with Gasteiger partial charge in [-0.1, -0.05) is 29.7 Å². The Morgan fingerprint density at radius 1 is 1.10 bits per heavy atom. The summed E-state index contributed by atoms with van der Waals surface area (Å²) in [6.45, 7) is 0.630. The number of halogens is 1. The minimum Gasteiger partial charge on any atom is -0.248 e. The second-order valence-corrected chi connectivity index (χ2v) is 4.58. The molecule has 0 unspecified atom stereocenters. The summed E-state index contributed by atoms with van der Waals surface area (Å²) in [4.78, 5) is 5.77. The third-order valence-corrected chi connectivity index (χ3v) is 3.03. The molecule has 2 heterocycles. The Bertz CT molecular complexity index is 784. The van der Waals surface area contributed by atoms with Gasteiger partial charge in [-0.15, -0.1) is 0 Å². The van der Waals surface area contributed by atoms with Crippen molar-refractivity contribution in [3.05, 3.63) is 53.3 Å². The number of aryl methyl sites for hydroxylation is 1. The van der Waals surface area contributed by atoms with E-state index in [1.165, 1.54) is 0 Å². The van der Waals surface area contributed by atoms with E-state index in [1.807, 2.05) is 36.4 Å². The van der Waals surface area contributed by atoms with Crippen molar-refractivity contribution >= 4 is 22.6 Å². The summed E-state index contributed by atoms with van der Waals surface area (Å²) in [5, 5.41) is 9.32. The fourth-order valence-corrected chi connectivity index (χ4v) is 2.00. The average Bonchev–Trinajstić information content (AvgIpc) is 2.89. The van der Waals surface area contributed by atoms with Gasteiger partial charge in [0.2, 0.25) is 0 Å². The molecule has 1 aromatic carbocycles. The molecule has 98 valence electrons. The van der Waals surface area contributed by atoms with E-state index >= 15 is 0 Å². The topological polar surface area (TPSA) is 43.6 Å². The Balaban J connectivity index is 1.69. The molecule has 0 N–H and O–H groups in total. The molecule has 3 rings (SSSR count). The third-order valence-electron chi connectivity index (χ3n) is 2.72. The lowest BCUT2D eigenvalue weighted by Crippen LogP contribution is -2.01. The Labute approximate surface area is 121 Å². The molecule has 0 spiro atoms. The van der Waals surface area contributed by atoms with Crippen LogP contribution in [0.4, 0.5) is 0 Å². The molecule has 2 aromatic heterocycles. The van der Waals surface area contributed by atoms with Gasteiger partial charge in [-0.3, -0.25) is 0 Å². The first kappa shape index (κ1) is 12.6. The fraction of sp³-hybridized carbons (Fsp3) is 0.133. The van der Waals surface area contributed by atoms with Gasteiger partial charge in [0, 0.05) is 12.6 Å². The summed E-state index contributed by atoms with van der Waals surface area (Å²) in [6.07, 6.45) is 2.39. The van der Waals surface area contributed by atoms with Crippen LogP contribution in [0.2, 0.25) is 5.02 Å². The SMILES string of the molecule is Clc1cccc2nn(CCC#Cc3ccccn3)nc12.